The Bertz CT molecular complexity index is 1210. The van der Waals surface area contributed by atoms with Crippen molar-refractivity contribution in [3.05, 3.63) is 89.0 Å². The van der Waals surface area contributed by atoms with Crippen molar-refractivity contribution < 1.29 is 33.6 Å². The van der Waals surface area contributed by atoms with Crippen LogP contribution >= 0.6 is 0 Å². The van der Waals surface area contributed by atoms with E-state index in [4.69, 9.17) is 18.9 Å². The first-order valence-electron chi connectivity index (χ1n) is 13.4. The van der Waals surface area contributed by atoms with Gasteiger partial charge in [-0.25, -0.2) is 9.59 Å². The van der Waals surface area contributed by atoms with Crippen molar-refractivity contribution >= 4 is 11.9 Å². The fraction of sp³-hybridized carbons (Fsp3) is 0.394. The maximum absolute atomic E-state index is 12.2. The Kier molecular flexibility index (Phi) is 13.4. The molecule has 0 unspecified atom stereocenters. The Morgan fingerprint density at radius 3 is 2.12 bits per heavy atom. The number of carbonyl (C=O) groups is 2. The van der Waals surface area contributed by atoms with E-state index in [1.807, 2.05) is 44.2 Å². The molecule has 2 aromatic rings. The minimum atomic E-state index is -0.471. The van der Waals surface area contributed by atoms with Gasteiger partial charge in [-0.3, -0.25) is 0 Å². The van der Waals surface area contributed by atoms with Crippen LogP contribution in [0.1, 0.15) is 49.4 Å². The highest BCUT2D eigenvalue weighted by Gasteiger charge is 2.20. The molecule has 0 aliphatic carbocycles. The standard InChI is InChI=1S/C33H42O7/c1-22(2)20-37-16-14-29-25(7)28(21-40-33(36)24(5)6)19-30(27-12-10-26(11-13-27)9-8-15-34)31(29)38-17-18-39-32(35)23(3)4/h10-13,19,34H,1,3,5,8-9,14-18,20-21H2,2,4,6-7H3. The molecule has 0 fully saturated rings. The zero-order chi connectivity index (χ0) is 29.7. The number of benzene rings is 2. The second-order valence-corrected chi connectivity index (χ2v) is 9.92. The summed E-state index contributed by atoms with van der Waals surface area (Å²) in [4.78, 5) is 24.0. The summed E-state index contributed by atoms with van der Waals surface area (Å²) >= 11 is 0. The van der Waals surface area contributed by atoms with Gasteiger partial charge in [0.1, 0.15) is 25.6 Å². The van der Waals surface area contributed by atoms with Gasteiger partial charge in [0.05, 0.1) is 13.2 Å². The molecule has 0 aromatic heterocycles. The predicted molar refractivity (Wildman–Crippen MR) is 157 cm³/mol. The SMILES string of the molecule is C=C(C)COCCc1c(C)c(COC(=O)C(=C)C)cc(-c2ccc(CCCO)cc2)c1OCCOC(=O)C(=C)C. The van der Waals surface area contributed by atoms with Crippen LogP contribution in [0.5, 0.6) is 5.75 Å². The van der Waals surface area contributed by atoms with E-state index in [0.29, 0.717) is 43.0 Å². The monoisotopic (exact) mass is 550 g/mol. The lowest BCUT2D eigenvalue weighted by Gasteiger charge is -2.22. The second-order valence-electron chi connectivity index (χ2n) is 9.92. The molecule has 0 amide bonds. The molecule has 40 heavy (non-hydrogen) atoms. The largest absolute Gasteiger partial charge is 0.489 e. The summed E-state index contributed by atoms with van der Waals surface area (Å²) in [6.07, 6.45) is 2.01. The number of aliphatic hydroxyl groups is 1. The van der Waals surface area contributed by atoms with Crippen molar-refractivity contribution in [2.75, 3.05) is 33.0 Å². The third kappa shape index (κ3) is 10.1. The Hall–Kier alpha value is -3.68. The van der Waals surface area contributed by atoms with Gasteiger partial charge in [-0.15, -0.1) is 0 Å². The van der Waals surface area contributed by atoms with Gasteiger partial charge >= 0.3 is 11.9 Å². The zero-order valence-corrected chi connectivity index (χ0v) is 24.3. The van der Waals surface area contributed by atoms with E-state index in [1.54, 1.807) is 13.8 Å². The topological polar surface area (TPSA) is 91.3 Å². The molecule has 0 bridgehead atoms. The van der Waals surface area contributed by atoms with E-state index in [2.05, 4.69) is 19.7 Å². The summed E-state index contributed by atoms with van der Waals surface area (Å²) < 4.78 is 22.9. The molecule has 216 valence electrons. The molecule has 7 nitrogen and oxygen atoms in total. The Morgan fingerprint density at radius 2 is 1.52 bits per heavy atom. The molecular weight excluding hydrogens is 508 g/mol. The Labute approximate surface area is 238 Å². The Morgan fingerprint density at radius 1 is 0.875 bits per heavy atom. The summed E-state index contributed by atoms with van der Waals surface area (Å²) in [6, 6.07) is 10.0. The number of esters is 2. The predicted octanol–water partition coefficient (Wildman–Crippen LogP) is 5.84. The van der Waals surface area contributed by atoms with Gasteiger partial charge in [-0.1, -0.05) is 49.6 Å². The highest BCUT2D eigenvalue weighted by Crippen LogP contribution is 2.38. The van der Waals surface area contributed by atoms with Gasteiger partial charge in [-0.2, -0.15) is 0 Å². The maximum atomic E-state index is 12.2. The minimum absolute atomic E-state index is 0.0633. The van der Waals surface area contributed by atoms with Gasteiger partial charge in [0.2, 0.25) is 0 Å². The van der Waals surface area contributed by atoms with Crippen LogP contribution in [-0.2, 0) is 43.2 Å². The molecule has 0 radical (unpaired) electrons. The van der Waals surface area contributed by atoms with Crippen LogP contribution in [0.25, 0.3) is 11.1 Å². The van der Waals surface area contributed by atoms with Gasteiger partial charge < -0.3 is 24.1 Å². The van der Waals surface area contributed by atoms with Crippen molar-refractivity contribution in [3.63, 3.8) is 0 Å². The molecule has 0 heterocycles. The van der Waals surface area contributed by atoms with Crippen LogP contribution in [0.2, 0.25) is 0 Å². The van der Waals surface area contributed by atoms with Crippen molar-refractivity contribution in [1.82, 2.24) is 0 Å². The molecule has 0 spiro atoms. The Balaban J connectivity index is 2.52. The quantitative estimate of drug-likeness (QED) is 0.115. The molecular formula is C33H42O7. The summed E-state index contributed by atoms with van der Waals surface area (Å²) in [5.74, 6) is -0.275. The molecule has 0 aliphatic heterocycles. The number of carbonyl (C=O) groups excluding carboxylic acids is 2. The maximum Gasteiger partial charge on any atom is 0.333 e. The summed E-state index contributed by atoms with van der Waals surface area (Å²) in [6.45, 7) is 19.6. The molecule has 0 saturated heterocycles. The van der Waals surface area contributed by atoms with Gasteiger partial charge in [0.15, 0.2) is 0 Å². The number of aryl methyl sites for hydroxylation is 1. The number of ether oxygens (including phenoxy) is 4. The average molecular weight is 551 g/mol. The fourth-order valence-electron chi connectivity index (χ4n) is 3.93. The van der Waals surface area contributed by atoms with Crippen LogP contribution in [-0.4, -0.2) is 50.1 Å². The van der Waals surface area contributed by atoms with E-state index >= 15 is 0 Å². The van der Waals surface area contributed by atoms with Crippen LogP contribution in [0, 0.1) is 6.92 Å². The van der Waals surface area contributed by atoms with Gasteiger partial charge in [-0.05, 0) is 75.3 Å². The lowest BCUT2D eigenvalue weighted by Crippen LogP contribution is -2.15. The number of hydrogen-bond acceptors (Lipinski definition) is 7. The fourth-order valence-corrected chi connectivity index (χ4v) is 3.93. The first kappa shape index (κ1) is 32.5. The summed E-state index contributed by atoms with van der Waals surface area (Å²) in [7, 11) is 0. The number of hydrogen-bond donors (Lipinski definition) is 1. The van der Waals surface area contributed by atoms with Crippen molar-refractivity contribution in [2.45, 2.75) is 53.6 Å². The average Bonchev–Trinajstić information content (AvgIpc) is 2.92. The highest BCUT2D eigenvalue weighted by molar-refractivity contribution is 5.87. The van der Waals surface area contributed by atoms with Gasteiger partial charge in [0.25, 0.3) is 0 Å². The molecule has 7 heteroatoms. The van der Waals surface area contributed by atoms with Crippen LogP contribution in [0.15, 0.2) is 66.8 Å². The van der Waals surface area contributed by atoms with Crippen molar-refractivity contribution in [2.24, 2.45) is 0 Å². The molecule has 0 saturated carbocycles. The highest BCUT2D eigenvalue weighted by atomic mass is 16.6. The third-order valence-electron chi connectivity index (χ3n) is 6.12. The van der Waals surface area contributed by atoms with Crippen molar-refractivity contribution in [3.8, 4) is 16.9 Å². The van der Waals surface area contributed by atoms with Crippen LogP contribution < -0.4 is 4.74 Å². The number of rotatable bonds is 17. The molecule has 0 aliphatic rings. The zero-order valence-electron chi connectivity index (χ0n) is 24.3. The van der Waals surface area contributed by atoms with Crippen LogP contribution in [0.4, 0.5) is 0 Å². The first-order valence-corrected chi connectivity index (χ1v) is 13.4. The third-order valence-corrected chi connectivity index (χ3v) is 6.12. The van der Waals surface area contributed by atoms with Crippen molar-refractivity contribution in [1.29, 1.82) is 0 Å². The second kappa shape index (κ2) is 16.4. The van der Waals surface area contributed by atoms with E-state index in [-0.39, 0.29) is 26.4 Å². The molecule has 2 aromatic carbocycles. The lowest BCUT2D eigenvalue weighted by atomic mass is 9.91. The lowest BCUT2D eigenvalue weighted by molar-refractivity contribution is -0.140. The first-order chi connectivity index (χ1) is 19.0. The number of aliphatic hydroxyl groups excluding tert-OH is 1. The van der Waals surface area contributed by atoms with E-state index in [0.717, 1.165) is 45.4 Å². The minimum Gasteiger partial charge on any atom is -0.489 e. The van der Waals surface area contributed by atoms with E-state index in [9.17, 15) is 14.7 Å². The molecule has 2 rings (SSSR count). The van der Waals surface area contributed by atoms with E-state index < -0.39 is 11.9 Å². The summed E-state index contributed by atoms with van der Waals surface area (Å²) in [5.41, 5.74) is 7.10. The van der Waals surface area contributed by atoms with Crippen LogP contribution in [0.3, 0.4) is 0 Å². The summed E-state index contributed by atoms with van der Waals surface area (Å²) in [5, 5.41) is 9.18. The smallest absolute Gasteiger partial charge is 0.333 e. The molecule has 0 atom stereocenters. The normalized spacial score (nSPS) is 10.6. The molecule has 1 N–H and O–H groups in total. The van der Waals surface area contributed by atoms with Gasteiger partial charge in [0, 0.05) is 28.9 Å². The van der Waals surface area contributed by atoms with E-state index in [1.165, 1.54) is 0 Å².